The summed E-state index contributed by atoms with van der Waals surface area (Å²) in [4.78, 5) is 10.2. The van der Waals surface area contributed by atoms with E-state index < -0.39 is 7.14 Å². The Morgan fingerprint density at radius 3 is 1.90 bits per heavy atom. The second-order valence-electron chi connectivity index (χ2n) is 9.82. The van der Waals surface area contributed by atoms with Gasteiger partial charge in [0.15, 0.2) is 7.14 Å². The Morgan fingerprint density at radius 1 is 0.513 bits per heavy atom. The lowest BCUT2D eigenvalue weighted by Gasteiger charge is -2.20. The Morgan fingerprint density at radius 2 is 1.15 bits per heavy atom. The van der Waals surface area contributed by atoms with Crippen LogP contribution in [-0.4, -0.2) is 14.4 Å². The molecule has 4 nitrogen and oxygen atoms in total. The molecule has 0 aliphatic heterocycles. The van der Waals surface area contributed by atoms with Gasteiger partial charge in [0, 0.05) is 32.1 Å². The van der Waals surface area contributed by atoms with E-state index in [-0.39, 0.29) is 0 Å². The van der Waals surface area contributed by atoms with Crippen LogP contribution in [0.2, 0.25) is 0 Å². The largest absolute Gasteiger partial charge is 0.309 e. The molecule has 0 spiro atoms. The number of pyridine rings is 2. The number of rotatable bonds is 3. The van der Waals surface area contributed by atoms with E-state index in [0.717, 1.165) is 65.3 Å². The van der Waals surface area contributed by atoms with Crippen LogP contribution in [0.5, 0.6) is 0 Å². The molecule has 0 radical (unpaired) electrons. The summed E-state index contributed by atoms with van der Waals surface area (Å²) in [5.74, 6) is 0. The summed E-state index contributed by atoms with van der Waals surface area (Å²) in [5.41, 5.74) is 5.70. The normalized spacial score (nSPS) is 12.2. The van der Waals surface area contributed by atoms with E-state index >= 15 is 0 Å². The van der Waals surface area contributed by atoms with Gasteiger partial charge in [0.2, 0.25) is 0 Å². The Bertz CT molecular complexity index is 2210. The summed E-state index contributed by atoms with van der Waals surface area (Å²) in [7, 11) is -3.10. The fraction of sp³-hybridized carbons (Fsp3) is 0. The molecule has 0 bridgehead atoms. The van der Waals surface area contributed by atoms with Gasteiger partial charge in [0.05, 0.1) is 27.6 Å². The Kier molecular flexibility index (Phi) is 4.76. The molecule has 0 saturated heterocycles. The highest BCUT2D eigenvalue weighted by Gasteiger charge is 2.30. The molecule has 184 valence electrons. The summed E-state index contributed by atoms with van der Waals surface area (Å²) in [5, 5.41) is 5.45. The van der Waals surface area contributed by atoms with Crippen LogP contribution in [0.25, 0.3) is 49.4 Å². The molecule has 0 saturated carbocycles. The zero-order valence-corrected chi connectivity index (χ0v) is 21.8. The van der Waals surface area contributed by atoms with Crippen molar-refractivity contribution in [2.24, 2.45) is 0 Å². The summed E-state index contributed by atoms with van der Waals surface area (Å²) < 4.78 is 17.2. The highest BCUT2D eigenvalue weighted by atomic mass is 31.2. The molecule has 39 heavy (non-hydrogen) atoms. The third kappa shape index (κ3) is 3.22. The topological polar surface area (TPSA) is 47.3 Å². The first-order valence-electron chi connectivity index (χ1n) is 13.0. The Labute approximate surface area is 224 Å². The quantitative estimate of drug-likeness (QED) is 0.144. The number of hydrogen-bond donors (Lipinski definition) is 0. The van der Waals surface area contributed by atoms with E-state index in [0.29, 0.717) is 0 Å². The van der Waals surface area contributed by atoms with Gasteiger partial charge in [-0.3, -0.25) is 4.40 Å². The lowest BCUT2D eigenvalue weighted by atomic mass is 10.1. The highest BCUT2D eigenvalue weighted by Crippen LogP contribution is 2.43. The van der Waals surface area contributed by atoms with Crippen LogP contribution < -0.4 is 15.9 Å². The molecule has 3 aromatic heterocycles. The SMILES string of the molecule is O=P(c1ccccc1)(c1ccccc1)c1ccc2cc3c(nc2c1)c1ccccc1n1c2ccccc2nc31. The number of para-hydroxylation sites is 3. The van der Waals surface area contributed by atoms with Crippen LogP contribution in [0.1, 0.15) is 0 Å². The molecule has 5 aromatic carbocycles. The summed E-state index contributed by atoms with van der Waals surface area (Å²) in [6.07, 6.45) is 0. The monoisotopic (exact) mass is 519 g/mol. The van der Waals surface area contributed by atoms with Crippen LogP contribution in [0.4, 0.5) is 0 Å². The van der Waals surface area contributed by atoms with Crippen LogP contribution in [0, 0.1) is 0 Å². The van der Waals surface area contributed by atoms with Crippen LogP contribution in [-0.2, 0) is 4.57 Å². The molecule has 0 unspecified atom stereocenters. The smallest absolute Gasteiger partial charge is 0.171 e. The van der Waals surface area contributed by atoms with Gasteiger partial charge in [-0.2, -0.15) is 0 Å². The molecular weight excluding hydrogens is 497 g/mol. The minimum atomic E-state index is -3.10. The Balaban J connectivity index is 1.46. The molecule has 3 heterocycles. The first-order chi connectivity index (χ1) is 19.2. The van der Waals surface area contributed by atoms with Crippen molar-refractivity contribution in [3.63, 3.8) is 0 Å². The van der Waals surface area contributed by atoms with Gasteiger partial charge in [-0.25, -0.2) is 9.97 Å². The molecule has 0 N–H and O–H groups in total. The number of fused-ring (bicyclic) bond motifs is 9. The second-order valence-corrected chi connectivity index (χ2v) is 12.6. The van der Waals surface area contributed by atoms with E-state index in [1.807, 2.05) is 103 Å². The first kappa shape index (κ1) is 22.2. The molecular formula is C34H22N3OP. The summed E-state index contributed by atoms with van der Waals surface area (Å²) in [6.45, 7) is 0. The lowest BCUT2D eigenvalue weighted by Crippen LogP contribution is -2.25. The molecule has 0 aliphatic carbocycles. The zero-order chi connectivity index (χ0) is 26.0. The number of aromatic nitrogens is 3. The van der Waals surface area contributed by atoms with Crippen molar-refractivity contribution in [1.82, 2.24) is 14.4 Å². The van der Waals surface area contributed by atoms with Gasteiger partial charge >= 0.3 is 0 Å². The minimum Gasteiger partial charge on any atom is -0.309 e. The number of benzene rings is 5. The molecule has 0 fully saturated rings. The predicted molar refractivity (Wildman–Crippen MR) is 162 cm³/mol. The molecule has 5 heteroatoms. The third-order valence-corrected chi connectivity index (χ3v) is 10.7. The van der Waals surface area contributed by atoms with Crippen molar-refractivity contribution in [2.45, 2.75) is 0 Å². The van der Waals surface area contributed by atoms with Crippen LogP contribution in [0.3, 0.4) is 0 Å². The maximum Gasteiger partial charge on any atom is 0.171 e. The summed E-state index contributed by atoms with van der Waals surface area (Å²) in [6, 6.07) is 44.3. The fourth-order valence-electron chi connectivity index (χ4n) is 5.77. The maximum absolute atomic E-state index is 15.0. The van der Waals surface area contributed by atoms with E-state index in [4.69, 9.17) is 9.97 Å². The van der Waals surface area contributed by atoms with Crippen molar-refractivity contribution < 1.29 is 4.57 Å². The molecule has 8 aromatic rings. The minimum absolute atomic E-state index is 0.774. The molecule has 0 aliphatic rings. The molecule has 8 rings (SSSR count). The van der Waals surface area contributed by atoms with Gasteiger partial charge in [-0.05, 0) is 30.3 Å². The number of imidazole rings is 1. The van der Waals surface area contributed by atoms with Crippen molar-refractivity contribution >= 4 is 72.4 Å². The average Bonchev–Trinajstić information content (AvgIpc) is 3.41. The number of nitrogens with zero attached hydrogens (tertiary/aromatic N) is 3. The van der Waals surface area contributed by atoms with Crippen molar-refractivity contribution in [3.8, 4) is 0 Å². The molecule has 0 atom stereocenters. The maximum atomic E-state index is 15.0. The van der Waals surface area contributed by atoms with Crippen molar-refractivity contribution in [1.29, 1.82) is 0 Å². The molecule has 0 amide bonds. The standard InChI is InChI=1S/C34H22N3OP/c38-39(24-11-3-1-4-12-24,25-13-5-2-6-14-25)26-20-19-23-21-28-33(35-30(23)22-26)27-15-7-9-17-31(27)37-32-18-10-8-16-29(32)36-34(28)37/h1-22H. The van der Waals surface area contributed by atoms with Crippen molar-refractivity contribution in [3.05, 3.63) is 133 Å². The highest BCUT2D eigenvalue weighted by molar-refractivity contribution is 7.85. The fourth-order valence-corrected chi connectivity index (χ4v) is 8.44. The average molecular weight is 520 g/mol. The van der Waals surface area contributed by atoms with E-state index in [1.54, 1.807) is 0 Å². The van der Waals surface area contributed by atoms with Gasteiger partial charge in [-0.1, -0.05) is 103 Å². The van der Waals surface area contributed by atoms with Crippen LogP contribution in [0.15, 0.2) is 133 Å². The van der Waals surface area contributed by atoms with E-state index in [9.17, 15) is 4.57 Å². The van der Waals surface area contributed by atoms with E-state index in [2.05, 4.69) is 34.7 Å². The van der Waals surface area contributed by atoms with Gasteiger partial charge < -0.3 is 4.57 Å². The van der Waals surface area contributed by atoms with Gasteiger partial charge in [0.1, 0.15) is 5.65 Å². The summed E-state index contributed by atoms with van der Waals surface area (Å²) >= 11 is 0. The second kappa shape index (κ2) is 8.36. The van der Waals surface area contributed by atoms with Gasteiger partial charge in [-0.15, -0.1) is 0 Å². The van der Waals surface area contributed by atoms with Gasteiger partial charge in [0.25, 0.3) is 0 Å². The van der Waals surface area contributed by atoms with Crippen molar-refractivity contribution in [2.75, 3.05) is 0 Å². The lowest BCUT2D eigenvalue weighted by molar-refractivity contribution is 0.592. The van der Waals surface area contributed by atoms with Crippen LogP contribution >= 0.6 is 7.14 Å². The Hall–Kier alpha value is -4.79. The predicted octanol–water partition coefficient (Wildman–Crippen LogP) is 6.98. The zero-order valence-electron chi connectivity index (χ0n) is 20.9. The number of hydrogen-bond acceptors (Lipinski definition) is 3. The van der Waals surface area contributed by atoms with E-state index in [1.165, 1.54) is 0 Å². The third-order valence-electron chi connectivity index (χ3n) is 7.61. The first-order valence-corrected chi connectivity index (χ1v) is 14.7.